The Kier molecular flexibility index (Phi) is 4.01. The van der Waals surface area contributed by atoms with Crippen LogP contribution in [0.25, 0.3) is 22.5 Å². The van der Waals surface area contributed by atoms with E-state index in [1.165, 1.54) is 16.0 Å². The van der Waals surface area contributed by atoms with Gasteiger partial charge in [-0.3, -0.25) is 4.79 Å². The van der Waals surface area contributed by atoms with E-state index in [9.17, 15) is 4.79 Å². The third-order valence-electron chi connectivity index (χ3n) is 3.00. The quantitative estimate of drug-likeness (QED) is 0.624. The molecule has 0 saturated carbocycles. The molecule has 0 aliphatic rings. The zero-order valence-electron chi connectivity index (χ0n) is 10.6. The molecule has 0 bridgehead atoms. The lowest BCUT2D eigenvalue weighted by molar-refractivity contribution is 0.816. The molecular formula is C14H9ClIN3OS. The second-order valence-electron chi connectivity index (χ2n) is 4.26. The zero-order valence-corrected chi connectivity index (χ0v) is 14.3. The standard InChI is InChI=1S/C14H9ClIN3OS/c15-8-1-3-9(4-2-8)19-14(20)12-10(7-21-13(12)17)11(18-19)5-6-16/h1-7H,17H2/b6-5+. The van der Waals surface area contributed by atoms with Crippen LogP contribution in [0.2, 0.25) is 5.02 Å². The van der Waals surface area contributed by atoms with E-state index < -0.39 is 0 Å². The number of nitrogens with two attached hydrogens (primary N) is 1. The molecule has 0 atom stereocenters. The molecule has 1 aromatic carbocycles. The topological polar surface area (TPSA) is 60.9 Å². The van der Waals surface area contributed by atoms with Gasteiger partial charge >= 0.3 is 0 Å². The van der Waals surface area contributed by atoms with Crippen molar-refractivity contribution in [2.24, 2.45) is 0 Å². The second-order valence-corrected chi connectivity index (χ2v) is 6.33. The van der Waals surface area contributed by atoms with Gasteiger partial charge in [0.05, 0.1) is 21.8 Å². The van der Waals surface area contributed by atoms with E-state index in [4.69, 9.17) is 17.3 Å². The molecular weight excluding hydrogens is 421 g/mol. The van der Waals surface area contributed by atoms with Gasteiger partial charge in [0.1, 0.15) is 0 Å². The molecule has 0 aliphatic carbocycles. The second kappa shape index (κ2) is 5.78. The molecule has 7 heteroatoms. The lowest BCUT2D eigenvalue weighted by Crippen LogP contribution is -2.22. The van der Waals surface area contributed by atoms with Crippen molar-refractivity contribution in [2.75, 3.05) is 5.73 Å². The Balaban J connectivity index is 2.37. The molecule has 0 unspecified atom stereocenters. The van der Waals surface area contributed by atoms with Gasteiger partial charge in [-0.15, -0.1) is 11.3 Å². The number of anilines is 1. The maximum absolute atomic E-state index is 12.6. The van der Waals surface area contributed by atoms with Crippen LogP contribution in [0, 0.1) is 0 Å². The van der Waals surface area contributed by atoms with Crippen molar-refractivity contribution < 1.29 is 0 Å². The van der Waals surface area contributed by atoms with Gasteiger partial charge in [0.15, 0.2) is 0 Å². The molecule has 0 amide bonds. The predicted molar refractivity (Wildman–Crippen MR) is 97.7 cm³/mol. The molecule has 0 saturated heterocycles. The minimum absolute atomic E-state index is 0.225. The number of hydrogen-bond donors (Lipinski definition) is 1. The van der Waals surface area contributed by atoms with Gasteiger partial charge in [-0.1, -0.05) is 34.2 Å². The summed E-state index contributed by atoms with van der Waals surface area (Å²) in [4.78, 5) is 12.6. The number of nitrogen functional groups attached to an aromatic ring is 1. The molecule has 2 aromatic heterocycles. The smallest absolute Gasteiger partial charge is 0.282 e. The van der Waals surface area contributed by atoms with Crippen molar-refractivity contribution in [3.05, 3.63) is 54.8 Å². The van der Waals surface area contributed by atoms with Crippen molar-refractivity contribution in [3.63, 3.8) is 0 Å². The largest absolute Gasteiger partial charge is 0.390 e. The van der Waals surface area contributed by atoms with Crippen LogP contribution in [0.3, 0.4) is 0 Å². The van der Waals surface area contributed by atoms with Crippen LogP contribution in [0.4, 0.5) is 5.00 Å². The molecule has 3 aromatic rings. The highest BCUT2D eigenvalue weighted by atomic mass is 127. The zero-order chi connectivity index (χ0) is 15.0. The summed E-state index contributed by atoms with van der Waals surface area (Å²) in [6.07, 6.45) is 1.85. The first-order valence-corrected chi connectivity index (χ1v) is 8.45. The van der Waals surface area contributed by atoms with Crippen LogP contribution in [0.5, 0.6) is 0 Å². The van der Waals surface area contributed by atoms with Gasteiger partial charge in [-0.25, -0.2) is 0 Å². The number of thiophene rings is 1. The molecule has 0 radical (unpaired) electrons. The fourth-order valence-electron chi connectivity index (χ4n) is 2.04. The van der Waals surface area contributed by atoms with Crippen LogP contribution in [0.1, 0.15) is 5.69 Å². The van der Waals surface area contributed by atoms with Crippen LogP contribution in [-0.2, 0) is 0 Å². The highest BCUT2D eigenvalue weighted by molar-refractivity contribution is 14.1. The summed E-state index contributed by atoms with van der Waals surface area (Å²) >= 11 is 9.35. The van der Waals surface area contributed by atoms with E-state index >= 15 is 0 Å². The summed E-state index contributed by atoms with van der Waals surface area (Å²) in [6, 6.07) is 6.95. The van der Waals surface area contributed by atoms with E-state index in [2.05, 4.69) is 27.7 Å². The van der Waals surface area contributed by atoms with Crippen molar-refractivity contribution in [2.45, 2.75) is 0 Å². The number of benzene rings is 1. The van der Waals surface area contributed by atoms with Crippen LogP contribution >= 0.6 is 45.5 Å². The van der Waals surface area contributed by atoms with E-state index in [1.54, 1.807) is 24.3 Å². The maximum atomic E-state index is 12.6. The Hall–Kier alpha value is -1.38. The third-order valence-corrected chi connectivity index (χ3v) is 4.42. The molecule has 2 N–H and O–H groups in total. The number of rotatable bonds is 2. The van der Waals surface area contributed by atoms with E-state index in [1.807, 2.05) is 15.5 Å². The van der Waals surface area contributed by atoms with Crippen LogP contribution in [-0.4, -0.2) is 9.78 Å². The van der Waals surface area contributed by atoms with Gasteiger partial charge in [0, 0.05) is 15.8 Å². The van der Waals surface area contributed by atoms with Gasteiger partial charge in [-0.2, -0.15) is 9.78 Å². The minimum Gasteiger partial charge on any atom is -0.390 e. The summed E-state index contributed by atoms with van der Waals surface area (Å²) in [5.74, 6) is 0. The molecule has 21 heavy (non-hydrogen) atoms. The summed E-state index contributed by atoms with van der Waals surface area (Å²) in [5.41, 5.74) is 7.08. The van der Waals surface area contributed by atoms with Crippen molar-refractivity contribution in [1.29, 1.82) is 0 Å². The average Bonchev–Trinajstić information content (AvgIpc) is 2.86. The number of nitrogens with zero attached hydrogens (tertiary/aromatic N) is 2. The van der Waals surface area contributed by atoms with Gasteiger partial charge in [0.25, 0.3) is 5.56 Å². The van der Waals surface area contributed by atoms with Crippen LogP contribution in [0.15, 0.2) is 38.5 Å². The molecule has 0 spiro atoms. The Labute approximate surface area is 143 Å². The highest BCUT2D eigenvalue weighted by Gasteiger charge is 2.14. The van der Waals surface area contributed by atoms with E-state index in [0.717, 1.165) is 5.39 Å². The number of aromatic nitrogens is 2. The lowest BCUT2D eigenvalue weighted by Gasteiger charge is -2.07. The fraction of sp³-hybridized carbons (Fsp3) is 0. The first-order valence-electron chi connectivity index (χ1n) is 5.94. The Bertz CT molecular complexity index is 899. The minimum atomic E-state index is -0.225. The summed E-state index contributed by atoms with van der Waals surface area (Å²) in [7, 11) is 0. The Morgan fingerprint density at radius 1 is 1.33 bits per heavy atom. The maximum Gasteiger partial charge on any atom is 0.282 e. The Morgan fingerprint density at radius 3 is 2.71 bits per heavy atom. The van der Waals surface area contributed by atoms with Gasteiger partial charge < -0.3 is 5.73 Å². The van der Waals surface area contributed by atoms with Gasteiger partial charge in [0.2, 0.25) is 0 Å². The molecule has 4 nitrogen and oxygen atoms in total. The van der Waals surface area contributed by atoms with Gasteiger partial charge in [-0.05, 0) is 34.4 Å². The Morgan fingerprint density at radius 2 is 2.05 bits per heavy atom. The van der Waals surface area contributed by atoms with E-state index in [-0.39, 0.29) is 5.56 Å². The van der Waals surface area contributed by atoms with Crippen molar-refractivity contribution in [1.82, 2.24) is 9.78 Å². The molecule has 0 fully saturated rings. The molecule has 2 heterocycles. The summed E-state index contributed by atoms with van der Waals surface area (Å²) in [5, 5.41) is 8.68. The highest BCUT2D eigenvalue weighted by Crippen LogP contribution is 2.28. The normalized spacial score (nSPS) is 11.5. The molecule has 3 rings (SSSR count). The fourth-order valence-corrected chi connectivity index (χ4v) is 3.30. The molecule has 0 aliphatic heterocycles. The lowest BCUT2D eigenvalue weighted by atomic mass is 10.2. The number of fused-ring (bicyclic) bond motifs is 1. The third kappa shape index (κ3) is 2.58. The first kappa shape index (κ1) is 14.6. The summed E-state index contributed by atoms with van der Waals surface area (Å²) in [6.45, 7) is 0. The average molecular weight is 430 g/mol. The monoisotopic (exact) mass is 429 g/mol. The van der Waals surface area contributed by atoms with Crippen molar-refractivity contribution in [3.8, 4) is 5.69 Å². The first-order chi connectivity index (χ1) is 10.1. The number of halogens is 2. The van der Waals surface area contributed by atoms with Crippen LogP contribution < -0.4 is 11.3 Å². The molecule has 106 valence electrons. The van der Waals surface area contributed by atoms with Crippen molar-refractivity contribution >= 4 is 67.4 Å². The number of hydrogen-bond acceptors (Lipinski definition) is 4. The SMILES string of the molecule is Nc1scc2c(/C=C/I)nn(-c3ccc(Cl)cc3)c(=O)c12. The predicted octanol–water partition coefficient (Wildman–Crippen LogP) is 4.09. The summed E-state index contributed by atoms with van der Waals surface area (Å²) < 4.78 is 3.21. The van der Waals surface area contributed by atoms with E-state index in [0.29, 0.717) is 26.8 Å².